The van der Waals surface area contributed by atoms with Gasteiger partial charge in [0.25, 0.3) is 0 Å². The summed E-state index contributed by atoms with van der Waals surface area (Å²) in [4.78, 5) is 13.7. The van der Waals surface area contributed by atoms with E-state index in [0.717, 1.165) is 17.7 Å². The molecule has 0 unspecified atom stereocenters. The standard InChI is InChI=1S/C17H18F2N2O/c1-21(11-13-7-8-14(18)15(19)9-13)17(22)16(20)10-12-5-3-2-4-6-12/h2-9,16H,10-11,20H2,1H3/t16-/m0/s1. The van der Waals surface area contributed by atoms with Crippen molar-refractivity contribution in [1.29, 1.82) is 0 Å². The Labute approximate surface area is 128 Å². The van der Waals surface area contributed by atoms with Crippen LogP contribution in [0.2, 0.25) is 0 Å². The largest absolute Gasteiger partial charge is 0.340 e. The molecule has 1 amide bonds. The zero-order valence-corrected chi connectivity index (χ0v) is 12.3. The third-order valence-corrected chi connectivity index (χ3v) is 3.40. The topological polar surface area (TPSA) is 46.3 Å². The molecule has 0 aliphatic heterocycles. The van der Waals surface area contributed by atoms with E-state index in [1.807, 2.05) is 30.3 Å². The van der Waals surface area contributed by atoms with Crippen molar-refractivity contribution in [2.24, 2.45) is 5.73 Å². The second-order valence-corrected chi connectivity index (χ2v) is 5.24. The minimum atomic E-state index is -0.924. The molecular weight excluding hydrogens is 286 g/mol. The van der Waals surface area contributed by atoms with Gasteiger partial charge in [0.2, 0.25) is 5.91 Å². The Bertz CT molecular complexity index is 646. The molecule has 0 saturated heterocycles. The Kier molecular flexibility index (Phi) is 5.22. The van der Waals surface area contributed by atoms with E-state index in [-0.39, 0.29) is 12.5 Å². The Morgan fingerprint density at radius 1 is 1.09 bits per heavy atom. The molecular formula is C17H18F2N2O. The number of rotatable bonds is 5. The molecule has 2 aromatic carbocycles. The van der Waals surface area contributed by atoms with Crippen LogP contribution in [0.15, 0.2) is 48.5 Å². The Morgan fingerprint density at radius 3 is 2.41 bits per heavy atom. The average molecular weight is 304 g/mol. The smallest absolute Gasteiger partial charge is 0.239 e. The quantitative estimate of drug-likeness (QED) is 0.922. The number of likely N-dealkylation sites (N-methyl/N-ethyl adjacent to an activating group) is 1. The summed E-state index contributed by atoms with van der Waals surface area (Å²) in [6, 6.07) is 12.4. The van der Waals surface area contributed by atoms with Crippen LogP contribution in [0.5, 0.6) is 0 Å². The van der Waals surface area contributed by atoms with Crippen molar-refractivity contribution in [3.8, 4) is 0 Å². The Morgan fingerprint density at radius 2 is 1.77 bits per heavy atom. The van der Waals surface area contributed by atoms with Gasteiger partial charge in [-0.3, -0.25) is 4.79 Å². The molecule has 0 aliphatic carbocycles. The summed E-state index contributed by atoms with van der Waals surface area (Å²) in [5.74, 6) is -2.07. The van der Waals surface area contributed by atoms with E-state index < -0.39 is 17.7 Å². The van der Waals surface area contributed by atoms with Crippen molar-refractivity contribution in [2.45, 2.75) is 19.0 Å². The minimum Gasteiger partial charge on any atom is -0.340 e. The SMILES string of the molecule is CN(Cc1ccc(F)c(F)c1)C(=O)[C@@H](N)Cc1ccccc1. The maximum absolute atomic E-state index is 13.2. The first-order valence-corrected chi connectivity index (χ1v) is 6.96. The van der Waals surface area contributed by atoms with E-state index in [2.05, 4.69) is 0 Å². The monoisotopic (exact) mass is 304 g/mol. The number of carbonyl (C=O) groups is 1. The lowest BCUT2D eigenvalue weighted by molar-refractivity contribution is -0.131. The highest BCUT2D eigenvalue weighted by molar-refractivity contribution is 5.81. The van der Waals surface area contributed by atoms with E-state index in [4.69, 9.17) is 5.73 Å². The molecule has 0 fully saturated rings. The van der Waals surface area contributed by atoms with Crippen LogP contribution >= 0.6 is 0 Å². The predicted molar refractivity (Wildman–Crippen MR) is 81.0 cm³/mol. The van der Waals surface area contributed by atoms with Crippen LogP contribution in [-0.2, 0) is 17.8 Å². The van der Waals surface area contributed by atoms with Crippen LogP contribution < -0.4 is 5.73 Å². The van der Waals surface area contributed by atoms with Crippen LogP contribution in [0.25, 0.3) is 0 Å². The van der Waals surface area contributed by atoms with Gasteiger partial charge in [-0.2, -0.15) is 0 Å². The summed E-state index contributed by atoms with van der Waals surface area (Å²) in [5, 5.41) is 0. The van der Waals surface area contributed by atoms with Gasteiger partial charge in [-0.05, 0) is 29.7 Å². The van der Waals surface area contributed by atoms with Crippen LogP contribution in [0, 0.1) is 11.6 Å². The van der Waals surface area contributed by atoms with Gasteiger partial charge in [0, 0.05) is 13.6 Å². The van der Waals surface area contributed by atoms with Crippen molar-refractivity contribution < 1.29 is 13.6 Å². The van der Waals surface area contributed by atoms with E-state index in [0.29, 0.717) is 12.0 Å². The second-order valence-electron chi connectivity index (χ2n) is 5.24. The molecule has 2 rings (SSSR count). The summed E-state index contributed by atoms with van der Waals surface area (Å²) >= 11 is 0. The molecule has 0 saturated carbocycles. The van der Waals surface area contributed by atoms with E-state index in [1.165, 1.54) is 11.0 Å². The first kappa shape index (κ1) is 16.1. The normalized spacial score (nSPS) is 12.0. The molecule has 2 N–H and O–H groups in total. The second kappa shape index (κ2) is 7.13. The molecule has 5 heteroatoms. The van der Waals surface area contributed by atoms with Gasteiger partial charge in [0.1, 0.15) is 0 Å². The molecule has 1 atom stereocenters. The minimum absolute atomic E-state index is 0.179. The fourth-order valence-corrected chi connectivity index (χ4v) is 2.23. The number of carbonyl (C=O) groups excluding carboxylic acids is 1. The summed E-state index contributed by atoms with van der Waals surface area (Å²) < 4.78 is 26.1. The van der Waals surface area contributed by atoms with Gasteiger partial charge in [-0.25, -0.2) is 8.78 Å². The Balaban J connectivity index is 1.97. The van der Waals surface area contributed by atoms with Crippen molar-refractivity contribution >= 4 is 5.91 Å². The zero-order valence-electron chi connectivity index (χ0n) is 12.3. The number of benzene rings is 2. The van der Waals surface area contributed by atoms with Crippen molar-refractivity contribution in [1.82, 2.24) is 4.90 Å². The predicted octanol–water partition coefficient (Wildman–Crippen LogP) is 2.49. The van der Waals surface area contributed by atoms with Gasteiger partial charge in [0.05, 0.1) is 6.04 Å². The van der Waals surface area contributed by atoms with Gasteiger partial charge in [-0.15, -0.1) is 0 Å². The Hall–Kier alpha value is -2.27. The third kappa shape index (κ3) is 4.11. The highest BCUT2D eigenvalue weighted by Crippen LogP contribution is 2.11. The van der Waals surface area contributed by atoms with Crippen molar-refractivity contribution in [3.63, 3.8) is 0 Å². The molecule has 3 nitrogen and oxygen atoms in total. The summed E-state index contributed by atoms with van der Waals surface area (Å²) in [5.41, 5.74) is 7.42. The highest BCUT2D eigenvalue weighted by atomic mass is 19.2. The molecule has 2 aromatic rings. The maximum Gasteiger partial charge on any atom is 0.239 e. The van der Waals surface area contributed by atoms with Crippen LogP contribution in [0.3, 0.4) is 0 Å². The lowest BCUT2D eigenvalue weighted by Crippen LogP contribution is -2.42. The van der Waals surface area contributed by atoms with Crippen molar-refractivity contribution in [3.05, 3.63) is 71.3 Å². The fraction of sp³-hybridized carbons (Fsp3) is 0.235. The van der Waals surface area contributed by atoms with E-state index in [9.17, 15) is 13.6 Å². The molecule has 116 valence electrons. The molecule has 0 radical (unpaired) electrons. The number of hydrogen-bond donors (Lipinski definition) is 1. The number of nitrogens with zero attached hydrogens (tertiary/aromatic N) is 1. The average Bonchev–Trinajstić information content (AvgIpc) is 2.51. The van der Waals surface area contributed by atoms with Gasteiger partial charge in [0.15, 0.2) is 11.6 Å². The molecule has 0 heterocycles. The van der Waals surface area contributed by atoms with E-state index in [1.54, 1.807) is 7.05 Å². The van der Waals surface area contributed by atoms with Crippen LogP contribution in [0.4, 0.5) is 8.78 Å². The number of hydrogen-bond acceptors (Lipinski definition) is 2. The first-order chi connectivity index (χ1) is 10.5. The zero-order chi connectivity index (χ0) is 16.1. The third-order valence-electron chi connectivity index (χ3n) is 3.40. The maximum atomic E-state index is 13.2. The summed E-state index contributed by atoms with van der Waals surface area (Å²) in [6.07, 6.45) is 0.432. The highest BCUT2D eigenvalue weighted by Gasteiger charge is 2.19. The molecule has 22 heavy (non-hydrogen) atoms. The van der Waals surface area contributed by atoms with Crippen LogP contribution in [-0.4, -0.2) is 23.9 Å². The van der Waals surface area contributed by atoms with Crippen molar-refractivity contribution in [2.75, 3.05) is 7.05 Å². The van der Waals surface area contributed by atoms with Gasteiger partial charge in [-0.1, -0.05) is 36.4 Å². The van der Waals surface area contributed by atoms with Gasteiger partial charge < -0.3 is 10.6 Å². The molecule has 0 spiro atoms. The lowest BCUT2D eigenvalue weighted by Gasteiger charge is -2.21. The first-order valence-electron chi connectivity index (χ1n) is 6.96. The summed E-state index contributed by atoms with van der Waals surface area (Å²) in [7, 11) is 1.59. The molecule has 0 aromatic heterocycles. The summed E-state index contributed by atoms with van der Waals surface area (Å²) in [6.45, 7) is 0.179. The number of halogens is 2. The van der Waals surface area contributed by atoms with Gasteiger partial charge >= 0.3 is 0 Å². The number of nitrogens with two attached hydrogens (primary N) is 1. The van der Waals surface area contributed by atoms with E-state index >= 15 is 0 Å². The van der Waals surface area contributed by atoms with Crippen LogP contribution in [0.1, 0.15) is 11.1 Å². The fourth-order valence-electron chi connectivity index (χ4n) is 2.23. The molecule has 0 aliphatic rings. The lowest BCUT2D eigenvalue weighted by atomic mass is 10.1. The molecule has 0 bridgehead atoms. The number of amides is 1.